The number of hydrogen-bond donors (Lipinski definition) is 2. The van der Waals surface area contributed by atoms with Crippen molar-refractivity contribution in [3.8, 4) is 0 Å². The van der Waals surface area contributed by atoms with Gasteiger partial charge in [0.05, 0.1) is 0 Å². The smallest absolute Gasteiger partial charge is 0.343 e. The lowest BCUT2D eigenvalue weighted by Crippen LogP contribution is -2.10. The number of carbonyl (C=O) groups is 2. The van der Waals surface area contributed by atoms with Crippen LogP contribution in [0, 0.1) is 0 Å². The molecule has 0 saturated carbocycles. The molecule has 16 heavy (non-hydrogen) atoms. The highest BCUT2D eigenvalue weighted by Crippen LogP contribution is 2.10. The highest BCUT2D eigenvalue weighted by Gasteiger charge is 2.15. The minimum atomic E-state index is -1.46. The molecular formula is C12H10O4. The van der Waals surface area contributed by atoms with Crippen LogP contribution in [0.3, 0.4) is 0 Å². The van der Waals surface area contributed by atoms with Crippen molar-refractivity contribution in [3.63, 3.8) is 0 Å². The molecule has 4 nitrogen and oxygen atoms in total. The van der Waals surface area contributed by atoms with E-state index in [4.69, 9.17) is 10.2 Å². The summed E-state index contributed by atoms with van der Waals surface area (Å²) in [5.41, 5.74) is 0.737. The van der Waals surface area contributed by atoms with Crippen LogP contribution in [-0.2, 0) is 9.59 Å². The number of rotatable bonds is 4. The van der Waals surface area contributed by atoms with Crippen molar-refractivity contribution in [3.05, 3.63) is 47.5 Å². The van der Waals surface area contributed by atoms with Crippen LogP contribution in [0.15, 0.2) is 36.4 Å². The van der Waals surface area contributed by atoms with E-state index in [1.165, 1.54) is 0 Å². The lowest BCUT2D eigenvalue weighted by molar-refractivity contribution is -0.139. The fraction of sp³-hybridized carbons (Fsp3) is 0. The van der Waals surface area contributed by atoms with Crippen LogP contribution in [0.2, 0.25) is 0 Å². The van der Waals surface area contributed by atoms with E-state index in [1.807, 2.05) is 0 Å². The molecule has 1 aromatic rings. The van der Waals surface area contributed by atoms with Crippen LogP contribution in [0.25, 0.3) is 12.2 Å². The molecule has 0 amide bonds. The first-order valence-corrected chi connectivity index (χ1v) is 4.45. The van der Waals surface area contributed by atoms with E-state index >= 15 is 0 Å². The quantitative estimate of drug-likeness (QED) is 0.459. The Balaban J connectivity index is 3.08. The zero-order valence-corrected chi connectivity index (χ0v) is 8.38. The van der Waals surface area contributed by atoms with Gasteiger partial charge in [-0.1, -0.05) is 36.9 Å². The maximum Gasteiger partial charge on any atom is 0.343 e. The molecule has 0 fully saturated rings. The van der Waals surface area contributed by atoms with E-state index in [1.54, 1.807) is 30.3 Å². The van der Waals surface area contributed by atoms with E-state index in [0.29, 0.717) is 5.56 Å². The summed E-state index contributed by atoms with van der Waals surface area (Å²) in [6.07, 6.45) is 2.75. The largest absolute Gasteiger partial charge is 0.477 e. The SMILES string of the molecule is C=Cc1ccc(C=C(C(=O)O)C(=O)O)cc1. The molecule has 0 heterocycles. The second-order valence-corrected chi connectivity index (χ2v) is 3.04. The van der Waals surface area contributed by atoms with Crippen LogP contribution >= 0.6 is 0 Å². The third kappa shape index (κ3) is 2.81. The summed E-state index contributed by atoms with van der Waals surface area (Å²) in [5, 5.41) is 17.3. The number of carboxylic acid groups (broad SMARTS) is 2. The van der Waals surface area contributed by atoms with E-state index in [9.17, 15) is 9.59 Å². The molecule has 1 aromatic carbocycles. The summed E-state index contributed by atoms with van der Waals surface area (Å²) in [4.78, 5) is 21.2. The van der Waals surface area contributed by atoms with Gasteiger partial charge in [-0.15, -0.1) is 0 Å². The Morgan fingerprint density at radius 1 is 1.00 bits per heavy atom. The summed E-state index contributed by atoms with van der Waals surface area (Å²) < 4.78 is 0. The predicted molar refractivity (Wildman–Crippen MR) is 59.8 cm³/mol. The molecule has 0 aliphatic rings. The molecule has 0 saturated heterocycles. The number of carboxylic acids is 2. The minimum absolute atomic E-state index is 0.519. The van der Waals surface area contributed by atoms with Gasteiger partial charge in [-0.05, 0) is 17.2 Å². The maximum atomic E-state index is 10.6. The molecule has 0 atom stereocenters. The van der Waals surface area contributed by atoms with Gasteiger partial charge in [-0.3, -0.25) is 0 Å². The molecule has 0 aromatic heterocycles. The summed E-state index contributed by atoms with van der Waals surface area (Å²) >= 11 is 0. The molecule has 0 aliphatic carbocycles. The molecule has 1 rings (SSSR count). The fourth-order valence-corrected chi connectivity index (χ4v) is 1.11. The van der Waals surface area contributed by atoms with Crippen LogP contribution in [0.4, 0.5) is 0 Å². The second kappa shape index (κ2) is 4.93. The average Bonchev–Trinajstić information content (AvgIpc) is 2.25. The molecule has 4 heteroatoms. The van der Waals surface area contributed by atoms with Gasteiger partial charge in [0.2, 0.25) is 0 Å². The van der Waals surface area contributed by atoms with Gasteiger partial charge in [-0.25, -0.2) is 9.59 Å². The lowest BCUT2D eigenvalue weighted by atomic mass is 10.1. The third-order valence-corrected chi connectivity index (χ3v) is 1.94. The Morgan fingerprint density at radius 2 is 1.44 bits per heavy atom. The maximum absolute atomic E-state index is 10.6. The average molecular weight is 218 g/mol. The van der Waals surface area contributed by atoms with Gasteiger partial charge in [0.15, 0.2) is 0 Å². The van der Waals surface area contributed by atoms with Gasteiger partial charge < -0.3 is 10.2 Å². The monoisotopic (exact) mass is 218 g/mol. The Bertz CT molecular complexity index is 438. The van der Waals surface area contributed by atoms with E-state index in [2.05, 4.69) is 6.58 Å². The predicted octanol–water partition coefficient (Wildman–Crippen LogP) is 1.88. The van der Waals surface area contributed by atoms with Gasteiger partial charge >= 0.3 is 11.9 Å². The van der Waals surface area contributed by atoms with Crippen LogP contribution in [0.5, 0.6) is 0 Å². The first kappa shape index (κ1) is 11.7. The van der Waals surface area contributed by atoms with Crippen molar-refractivity contribution in [1.29, 1.82) is 0 Å². The second-order valence-electron chi connectivity index (χ2n) is 3.04. The number of benzene rings is 1. The third-order valence-electron chi connectivity index (χ3n) is 1.94. The first-order chi connectivity index (χ1) is 7.54. The summed E-state index contributed by atoms with van der Waals surface area (Å²) in [6, 6.07) is 6.70. The van der Waals surface area contributed by atoms with Gasteiger partial charge in [0, 0.05) is 0 Å². The molecule has 0 spiro atoms. The van der Waals surface area contributed by atoms with E-state index in [0.717, 1.165) is 11.6 Å². The van der Waals surface area contributed by atoms with Crippen LogP contribution in [-0.4, -0.2) is 22.2 Å². The highest BCUT2D eigenvalue weighted by molar-refractivity contribution is 6.16. The Labute approximate surface area is 92.2 Å². The standard InChI is InChI=1S/C12H10O4/c1-2-8-3-5-9(6-4-8)7-10(11(13)14)12(15)16/h2-7H,1H2,(H,13,14)(H,15,16). The topological polar surface area (TPSA) is 74.6 Å². The summed E-state index contributed by atoms with van der Waals surface area (Å²) in [6.45, 7) is 3.57. The van der Waals surface area contributed by atoms with E-state index < -0.39 is 17.5 Å². The molecule has 2 N–H and O–H groups in total. The summed E-state index contributed by atoms with van der Waals surface area (Å²) in [7, 11) is 0. The van der Waals surface area contributed by atoms with Crippen molar-refractivity contribution >= 4 is 24.1 Å². The Hall–Kier alpha value is -2.36. The lowest BCUT2D eigenvalue weighted by Gasteiger charge is -1.98. The molecule has 0 aliphatic heterocycles. The number of hydrogen-bond acceptors (Lipinski definition) is 2. The van der Waals surface area contributed by atoms with Gasteiger partial charge in [0.1, 0.15) is 5.57 Å². The van der Waals surface area contributed by atoms with Crippen LogP contribution < -0.4 is 0 Å². The molecule has 0 unspecified atom stereocenters. The van der Waals surface area contributed by atoms with Crippen molar-refractivity contribution in [2.24, 2.45) is 0 Å². The normalized spacial score (nSPS) is 9.25. The molecular weight excluding hydrogens is 208 g/mol. The van der Waals surface area contributed by atoms with Crippen LogP contribution in [0.1, 0.15) is 11.1 Å². The van der Waals surface area contributed by atoms with E-state index in [-0.39, 0.29) is 0 Å². The van der Waals surface area contributed by atoms with Gasteiger partial charge in [-0.2, -0.15) is 0 Å². The van der Waals surface area contributed by atoms with Crippen molar-refractivity contribution < 1.29 is 19.8 Å². The first-order valence-electron chi connectivity index (χ1n) is 4.45. The zero-order valence-electron chi connectivity index (χ0n) is 8.38. The molecule has 0 bridgehead atoms. The van der Waals surface area contributed by atoms with Crippen molar-refractivity contribution in [1.82, 2.24) is 0 Å². The molecule has 82 valence electrons. The summed E-state index contributed by atoms with van der Waals surface area (Å²) in [5.74, 6) is -2.92. The fourth-order valence-electron chi connectivity index (χ4n) is 1.11. The molecule has 0 radical (unpaired) electrons. The number of aliphatic carboxylic acids is 2. The Kier molecular flexibility index (Phi) is 3.61. The van der Waals surface area contributed by atoms with Crippen molar-refractivity contribution in [2.45, 2.75) is 0 Å². The minimum Gasteiger partial charge on any atom is -0.477 e. The highest BCUT2D eigenvalue weighted by atomic mass is 16.4. The zero-order chi connectivity index (χ0) is 12.1. The Morgan fingerprint density at radius 3 is 1.81 bits per heavy atom. The van der Waals surface area contributed by atoms with Crippen molar-refractivity contribution in [2.75, 3.05) is 0 Å². The van der Waals surface area contributed by atoms with Gasteiger partial charge in [0.25, 0.3) is 0 Å².